The van der Waals surface area contributed by atoms with E-state index in [1.54, 1.807) is 4.90 Å². The monoisotopic (exact) mass is 494 g/mol. The van der Waals surface area contributed by atoms with Crippen LogP contribution in [0, 0.1) is 6.92 Å². The molecule has 0 aromatic carbocycles. The topological polar surface area (TPSA) is 91.2 Å². The largest absolute Gasteiger partial charge is 0.421 e. The SMILES string of the molecule is CCN1CC[C@H](n2cc(Nc3ncc(C(F)(F)F)c(NCCCN4CCCCC4=O)n3)c(C)n2)C1. The van der Waals surface area contributed by atoms with Gasteiger partial charge in [0.2, 0.25) is 11.9 Å². The summed E-state index contributed by atoms with van der Waals surface area (Å²) in [5.41, 5.74) is 0.466. The lowest BCUT2D eigenvalue weighted by atomic mass is 10.1. The van der Waals surface area contributed by atoms with Crippen LogP contribution in [0.2, 0.25) is 0 Å². The minimum absolute atomic E-state index is 0.0657. The molecular weight excluding hydrogens is 461 g/mol. The van der Waals surface area contributed by atoms with E-state index in [9.17, 15) is 18.0 Å². The second-order valence-electron chi connectivity index (χ2n) is 9.14. The van der Waals surface area contributed by atoms with Gasteiger partial charge >= 0.3 is 6.18 Å². The molecule has 2 aromatic rings. The molecule has 2 saturated heterocycles. The fourth-order valence-corrected chi connectivity index (χ4v) is 4.59. The molecule has 12 heteroatoms. The number of nitrogens with one attached hydrogen (secondary N) is 2. The first-order valence-corrected chi connectivity index (χ1v) is 12.3. The third-order valence-electron chi connectivity index (χ3n) is 6.64. The second-order valence-corrected chi connectivity index (χ2v) is 9.14. The van der Waals surface area contributed by atoms with Gasteiger partial charge in [0.05, 0.1) is 17.4 Å². The van der Waals surface area contributed by atoms with Gasteiger partial charge in [-0.2, -0.15) is 23.3 Å². The average Bonchev–Trinajstić information content (AvgIpc) is 3.44. The molecule has 35 heavy (non-hydrogen) atoms. The van der Waals surface area contributed by atoms with E-state index in [0.717, 1.165) is 50.8 Å². The standard InChI is InChI=1S/C23H33F3N8O/c1-3-32-12-8-17(14-32)34-15-19(16(2)31-34)29-22-28-13-18(23(24,25)26)21(30-22)27-9-6-11-33-10-5-4-7-20(33)35/h13,15,17H,3-12,14H2,1-2H3,(H2,27,28,29,30)/t17-/m0/s1. The van der Waals surface area contributed by atoms with Crippen molar-refractivity contribution in [3.63, 3.8) is 0 Å². The number of halogens is 3. The number of hydrogen-bond acceptors (Lipinski definition) is 7. The van der Waals surface area contributed by atoms with Gasteiger partial charge in [-0.1, -0.05) is 6.92 Å². The van der Waals surface area contributed by atoms with Crippen molar-refractivity contribution >= 4 is 23.4 Å². The van der Waals surface area contributed by atoms with E-state index in [-0.39, 0.29) is 30.3 Å². The Kier molecular flexibility index (Phi) is 7.78. The molecule has 1 atom stereocenters. The first-order chi connectivity index (χ1) is 16.7. The Morgan fingerprint density at radius 3 is 2.77 bits per heavy atom. The Labute approximate surface area is 203 Å². The number of alkyl halides is 3. The predicted molar refractivity (Wildman–Crippen MR) is 127 cm³/mol. The number of rotatable bonds is 9. The Hall–Kier alpha value is -2.89. The van der Waals surface area contributed by atoms with E-state index in [1.165, 1.54) is 0 Å². The summed E-state index contributed by atoms with van der Waals surface area (Å²) in [5, 5.41) is 10.4. The van der Waals surface area contributed by atoms with Gasteiger partial charge in [0.25, 0.3) is 0 Å². The van der Waals surface area contributed by atoms with Gasteiger partial charge < -0.3 is 20.4 Å². The summed E-state index contributed by atoms with van der Waals surface area (Å²) in [7, 11) is 0. The van der Waals surface area contributed by atoms with Crippen LogP contribution in [0.5, 0.6) is 0 Å². The molecule has 2 aliphatic heterocycles. The Bertz CT molecular complexity index is 1020. The molecule has 192 valence electrons. The molecule has 2 N–H and O–H groups in total. The number of likely N-dealkylation sites (N-methyl/N-ethyl adjacent to an activating group) is 1. The molecule has 0 bridgehead atoms. The third kappa shape index (κ3) is 6.22. The lowest BCUT2D eigenvalue weighted by molar-refractivity contribution is -0.137. The summed E-state index contributed by atoms with van der Waals surface area (Å²) in [6.45, 7) is 8.38. The van der Waals surface area contributed by atoms with Crippen molar-refractivity contribution in [2.75, 3.05) is 49.9 Å². The van der Waals surface area contributed by atoms with Crippen LogP contribution in [0.15, 0.2) is 12.4 Å². The summed E-state index contributed by atoms with van der Waals surface area (Å²) in [6.07, 6.45) is 2.00. The van der Waals surface area contributed by atoms with Crippen LogP contribution in [0.4, 0.5) is 30.6 Å². The maximum atomic E-state index is 13.5. The quantitative estimate of drug-likeness (QED) is 0.512. The number of amides is 1. The number of carbonyl (C=O) groups is 1. The molecule has 2 aromatic heterocycles. The summed E-state index contributed by atoms with van der Waals surface area (Å²) < 4.78 is 42.6. The molecule has 4 heterocycles. The van der Waals surface area contributed by atoms with Crippen molar-refractivity contribution in [3.8, 4) is 0 Å². The van der Waals surface area contributed by atoms with Crippen LogP contribution in [-0.2, 0) is 11.0 Å². The van der Waals surface area contributed by atoms with Gasteiger partial charge in [0, 0.05) is 51.5 Å². The maximum Gasteiger partial charge on any atom is 0.421 e. The number of aromatic nitrogens is 4. The number of carbonyl (C=O) groups excluding carboxylic acids is 1. The molecule has 2 aliphatic rings. The lowest BCUT2D eigenvalue weighted by Gasteiger charge is -2.26. The molecule has 0 aliphatic carbocycles. The third-order valence-corrected chi connectivity index (χ3v) is 6.64. The molecule has 0 radical (unpaired) electrons. The molecule has 2 fully saturated rings. The van der Waals surface area contributed by atoms with Crippen LogP contribution < -0.4 is 10.6 Å². The minimum atomic E-state index is -4.59. The highest BCUT2D eigenvalue weighted by atomic mass is 19.4. The maximum absolute atomic E-state index is 13.5. The molecular formula is C23H33F3N8O. The number of anilines is 3. The number of hydrogen-bond donors (Lipinski definition) is 2. The van der Waals surface area contributed by atoms with Gasteiger partial charge in [-0.25, -0.2) is 4.98 Å². The van der Waals surface area contributed by atoms with Crippen molar-refractivity contribution in [2.24, 2.45) is 0 Å². The smallest absolute Gasteiger partial charge is 0.369 e. The van der Waals surface area contributed by atoms with Crippen molar-refractivity contribution in [1.29, 1.82) is 0 Å². The van der Waals surface area contributed by atoms with E-state index < -0.39 is 11.7 Å². The number of nitrogens with zero attached hydrogens (tertiary/aromatic N) is 6. The molecule has 0 unspecified atom stereocenters. The molecule has 0 spiro atoms. The molecule has 0 saturated carbocycles. The highest BCUT2D eigenvalue weighted by molar-refractivity contribution is 5.76. The van der Waals surface area contributed by atoms with Crippen molar-refractivity contribution in [1.82, 2.24) is 29.5 Å². The molecule has 1 amide bonds. The highest BCUT2D eigenvalue weighted by Crippen LogP contribution is 2.34. The van der Waals surface area contributed by atoms with Crippen LogP contribution >= 0.6 is 0 Å². The zero-order valence-corrected chi connectivity index (χ0v) is 20.2. The highest BCUT2D eigenvalue weighted by Gasteiger charge is 2.35. The fraction of sp³-hybridized carbons (Fsp3) is 0.652. The molecule has 4 rings (SSSR count). The van der Waals surface area contributed by atoms with E-state index in [4.69, 9.17) is 0 Å². The van der Waals surface area contributed by atoms with E-state index in [2.05, 4.69) is 37.5 Å². The summed E-state index contributed by atoms with van der Waals surface area (Å²) >= 11 is 0. The summed E-state index contributed by atoms with van der Waals surface area (Å²) in [4.78, 5) is 24.1. The van der Waals surface area contributed by atoms with Crippen molar-refractivity contribution in [2.45, 2.75) is 58.2 Å². The van der Waals surface area contributed by atoms with Crippen LogP contribution in [0.1, 0.15) is 56.3 Å². The van der Waals surface area contributed by atoms with Gasteiger partial charge in [-0.15, -0.1) is 0 Å². The van der Waals surface area contributed by atoms with Gasteiger partial charge in [-0.3, -0.25) is 9.48 Å². The summed E-state index contributed by atoms with van der Waals surface area (Å²) in [6, 6.07) is 0.265. The van der Waals surface area contributed by atoms with Crippen LogP contribution in [0.25, 0.3) is 0 Å². The minimum Gasteiger partial charge on any atom is -0.369 e. The predicted octanol–water partition coefficient (Wildman–Crippen LogP) is 3.83. The van der Waals surface area contributed by atoms with Gasteiger partial charge in [0.15, 0.2) is 0 Å². The molecule has 9 nitrogen and oxygen atoms in total. The van der Waals surface area contributed by atoms with Crippen molar-refractivity contribution in [3.05, 3.63) is 23.7 Å². The Balaban J connectivity index is 1.42. The first-order valence-electron chi connectivity index (χ1n) is 12.3. The zero-order chi connectivity index (χ0) is 25.0. The fourth-order valence-electron chi connectivity index (χ4n) is 4.59. The zero-order valence-electron chi connectivity index (χ0n) is 20.2. The Morgan fingerprint density at radius 1 is 1.23 bits per heavy atom. The summed E-state index contributed by atoms with van der Waals surface area (Å²) in [5.74, 6) is -0.105. The second kappa shape index (κ2) is 10.8. The Morgan fingerprint density at radius 2 is 2.06 bits per heavy atom. The average molecular weight is 495 g/mol. The van der Waals surface area contributed by atoms with E-state index >= 15 is 0 Å². The van der Waals surface area contributed by atoms with Gasteiger partial charge in [-0.05, 0) is 39.2 Å². The number of likely N-dealkylation sites (tertiary alicyclic amines) is 2. The van der Waals surface area contributed by atoms with Crippen LogP contribution in [0.3, 0.4) is 0 Å². The van der Waals surface area contributed by atoms with E-state index in [1.807, 2.05) is 17.8 Å². The van der Waals surface area contributed by atoms with Crippen LogP contribution in [-0.4, -0.2) is 74.7 Å². The number of aryl methyl sites for hydroxylation is 1. The number of piperidine rings is 1. The first kappa shape index (κ1) is 25.2. The lowest BCUT2D eigenvalue weighted by Crippen LogP contribution is -2.36. The van der Waals surface area contributed by atoms with Gasteiger partial charge in [0.1, 0.15) is 11.4 Å². The normalized spacial score (nSPS) is 19.4. The van der Waals surface area contributed by atoms with Crippen molar-refractivity contribution < 1.29 is 18.0 Å². The van der Waals surface area contributed by atoms with E-state index in [0.29, 0.717) is 31.6 Å².